The lowest BCUT2D eigenvalue weighted by Gasteiger charge is -2.14. The van der Waals surface area contributed by atoms with E-state index >= 15 is 0 Å². The predicted molar refractivity (Wildman–Crippen MR) is 161 cm³/mol. The number of allylic oxidation sites excluding steroid dienone is 1. The minimum Gasteiger partial charge on any atom is -0.507 e. The summed E-state index contributed by atoms with van der Waals surface area (Å²) in [5, 5.41) is 11.0. The van der Waals surface area contributed by atoms with Crippen LogP contribution in [0.4, 0.5) is 0 Å². The second kappa shape index (κ2) is 13.1. The lowest BCUT2D eigenvalue weighted by molar-refractivity contribution is -0.135. The molecular formula is C34H35N3O4. The first-order valence-electron chi connectivity index (χ1n) is 14.0. The number of aromatic nitrogens is 3. The van der Waals surface area contributed by atoms with Gasteiger partial charge in [0.1, 0.15) is 11.5 Å². The van der Waals surface area contributed by atoms with E-state index in [1.54, 1.807) is 12.1 Å². The monoisotopic (exact) mass is 549 g/mol. The third-order valence-electron chi connectivity index (χ3n) is 7.08. The van der Waals surface area contributed by atoms with Crippen LogP contribution in [0.5, 0.6) is 11.5 Å². The normalized spacial score (nSPS) is 10.8. The van der Waals surface area contributed by atoms with Gasteiger partial charge in [-0.1, -0.05) is 70.7 Å². The summed E-state index contributed by atoms with van der Waals surface area (Å²) in [4.78, 5) is 37.9. The highest BCUT2D eigenvalue weighted by atomic mass is 16.5. The standard InChI is InChI=1S/C34H35N3O4/c1-6-21-11-14-26(23(8-3)17-21)32-35-33(27-15-12-22(7-2)18-24(27)9-4)37-34(36-32)28-16-13-25(19-30(28)39)41-20-31(40)29(38)10-5/h10-19,39H,5-9,20H2,1-4H3. The summed E-state index contributed by atoms with van der Waals surface area (Å²) in [5.74, 6) is 0.0267. The summed E-state index contributed by atoms with van der Waals surface area (Å²) >= 11 is 0. The molecule has 210 valence electrons. The Hall–Kier alpha value is -4.65. The molecule has 4 aromatic rings. The molecular weight excluding hydrogens is 514 g/mol. The Balaban J connectivity index is 1.84. The van der Waals surface area contributed by atoms with E-state index in [-0.39, 0.29) is 11.5 Å². The zero-order valence-corrected chi connectivity index (χ0v) is 24.0. The van der Waals surface area contributed by atoms with Gasteiger partial charge in [-0.05, 0) is 66.1 Å². The highest BCUT2D eigenvalue weighted by Crippen LogP contribution is 2.34. The van der Waals surface area contributed by atoms with Crippen LogP contribution in [-0.2, 0) is 35.3 Å². The molecule has 0 saturated carbocycles. The van der Waals surface area contributed by atoms with Gasteiger partial charge in [0.15, 0.2) is 24.1 Å². The fourth-order valence-electron chi connectivity index (χ4n) is 4.62. The lowest BCUT2D eigenvalue weighted by Crippen LogP contribution is -2.19. The molecule has 0 radical (unpaired) electrons. The van der Waals surface area contributed by atoms with Gasteiger partial charge in [0.05, 0.1) is 5.56 Å². The molecule has 7 heteroatoms. The number of hydrogen-bond donors (Lipinski definition) is 1. The highest BCUT2D eigenvalue weighted by Gasteiger charge is 2.19. The number of hydrogen-bond acceptors (Lipinski definition) is 7. The summed E-state index contributed by atoms with van der Waals surface area (Å²) in [5.41, 5.74) is 6.98. The van der Waals surface area contributed by atoms with Gasteiger partial charge >= 0.3 is 0 Å². The first kappa shape index (κ1) is 29.3. The van der Waals surface area contributed by atoms with Crippen LogP contribution >= 0.6 is 0 Å². The van der Waals surface area contributed by atoms with Crippen LogP contribution in [0.15, 0.2) is 67.3 Å². The van der Waals surface area contributed by atoms with E-state index in [2.05, 4.69) is 70.7 Å². The quantitative estimate of drug-likeness (QED) is 0.158. The molecule has 0 spiro atoms. The van der Waals surface area contributed by atoms with E-state index in [4.69, 9.17) is 19.7 Å². The Morgan fingerprint density at radius 1 is 0.732 bits per heavy atom. The molecule has 0 atom stereocenters. The Bertz CT molecular complexity index is 1540. The SMILES string of the molecule is C=CC(=O)C(=O)COc1ccc(-c2nc(-c3ccc(CC)cc3CC)nc(-c3ccc(CC)cc3CC)n2)c(O)c1. The largest absolute Gasteiger partial charge is 0.507 e. The number of benzene rings is 3. The minimum atomic E-state index is -0.729. The number of phenols is 1. The molecule has 0 aliphatic carbocycles. The fraction of sp³-hybridized carbons (Fsp3) is 0.265. The lowest BCUT2D eigenvalue weighted by atomic mass is 9.99. The number of carbonyl (C=O) groups excluding carboxylic acids is 2. The van der Waals surface area contributed by atoms with Crippen molar-refractivity contribution in [3.63, 3.8) is 0 Å². The average Bonchev–Trinajstić information content (AvgIpc) is 3.02. The van der Waals surface area contributed by atoms with Crippen molar-refractivity contribution >= 4 is 11.6 Å². The van der Waals surface area contributed by atoms with E-state index < -0.39 is 18.2 Å². The minimum absolute atomic E-state index is 0.123. The van der Waals surface area contributed by atoms with Gasteiger partial charge in [-0.3, -0.25) is 9.59 Å². The molecule has 1 heterocycles. The molecule has 1 aromatic heterocycles. The summed E-state index contributed by atoms with van der Waals surface area (Å²) in [6.07, 6.45) is 4.44. The van der Waals surface area contributed by atoms with Crippen molar-refractivity contribution in [2.45, 2.75) is 53.4 Å². The second-order valence-corrected chi connectivity index (χ2v) is 9.66. The Morgan fingerprint density at radius 2 is 1.22 bits per heavy atom. The third kappa shape index (κ3) is 6.57. The molecule has 0 amide bonds. The first-order chi connectivity index (χ1) is 19.8. The average molecular weight is 550 g/mol. The van der Waals surface area contributed by atoms with E-state index in [0.717, 1.165) is 54.0 Å². The Morgan fingerprint density at radius 3 is 1.66 bits per heavy atom. The van der Waals surface area contributed by atoms with Crippen molar-refractivity contribution in [2.24, 2.45) is 0 Å². The van der Waals surface area contributed by atoms with Gasteiger partial charge in [-0.25, -0.2) is 15.0 Å². The molecule has 0 aliphatic rings. The summed E-state index contributed by atoms with van der Waals surface area (Å²) in [6.45, 7) is 11.3. The van der Waals surface area contributed by atoms with E-state index in [1.807, 2.05) is 0 Å². The number of aromatic hydroxyl groups is 1. The number of aryl methyl sites for hydroxylation is 4. The van der Waals surface area contributed by atoms with Crippen molar-refractivity contribution in [1.82, 2.24) is 15.0 Å². The Labute approximate surface area is 241 Å². The van der Waals surface area contributed by atoms with Crippen LogP contribution in [0.2, 0.25) is 0 Å². The van der Waals surface area contributed by atoms with Crippen LogP contribution in [0, 0.1) is 0 Å². The van der Waals surface area contributed by atoms with E-state index in [9.17, 15) is 14.7 Å². The van der Waals surface area contributed by atoms with Crippen LogP contribution in [0.3, 0.4) is 0 Å². The van der Waals surface area contributed by atoms with Crippen molar-refractivity contribution < 1.29 is 19.4 Å². The maximum Gasteiger partial charge on any atom is 0.239 e. The van der Waals surface area contributed by atoms with Crippen LogP contribution in [0.1, 0.15) is 49.9 Å². The Kier molecular flexibility index (Phi) is 9.40. The zero-order valence-electron chi connectivity index (χ0n) is 24.0. The fourth-order valence-corrected chi connectivity index (χ4v) is 4.62. The van der Waals surface area contributed by atoms with Crippen molar-refractivity contribution in [3.8, 4) is 45.7 Å². The topological polar surface area (TPSA) is 102 Å². The van der Waals surface area contributed by atoms with Gasteiger partial charge in [0, 0.05) is 17.2 Å². The predicted octanol–water partition coefficient (Wildman–Crippen LogP) is 6.53. The van der Waals surface area contributed by atoms with Crippen molar-refractivity contribution in [2.75, 3.05) is 6.61 Å². The van der Waals surface area contributed by atoms with Crippen molar-refractivity contribution in [1.29, 1.82) is 0 Å². The summed E-state index contributed by atoms with van der Waals surface area (Å²) < 4.78 is 5.42. The zero-order chi connectivity index (χ0) is 29.5. The highest BCUT2D eigenvalue weighted by molar-refractivity contribution is 6.42. The number of nitrogens with zero attached hydrogens (tertiary/aromatic N) is 3. The van der Waals surface area contributed by atoms with Gasteiger partial charge < -0.3 is 9.84 Å². The number of Topliss-reactive ketones (excluding diaryl/α,β-unsaturated/α-hetero) is 1. The van der Waals surface area contributed by atoms with E-state index in [1.165, 1.54) is 17.2 Å². The maximum atomic E-state index is 11.8. The molecule has 4 rings (SSSR count). The molecule has 0 bridgehead atoms. The molecule has 0 fully saturated rings. The summed E-state index contributed by atoms with van der Waals surface area (Å²) in [6, 6.07) is 17.3. The van der Waals surface area contributed by atoms with Crippen molar-refractivity contribution in [3.05, 3.63) is 89.5 Å². The number of phenolic OH excluding ortho intramolecular Hbond substituents is 1. The van der Waals surface area contributed by atoms with Gasteiger partial charge in [-0.15, -0.1) is 0 Å². The maximum absolute atomic E-state index is 11.8. The third-order valence-corrected chi connectivity index (χ3v) is 7.08. The molecule has 0 unspecified atom stereocenters. The smallest absolute Gasteiger partial charge is 0.239 e. The van der Waals surface area contributed by atoms with Gasteiger partial charge in [0.25, 0.3) is 0 Å². The summed E-state index contributed by atoms with van der Waals surface area (Å²) in [7, 11) is 0. The molecule has 0 saturated heterocycles. The first-order valence-corrected chi connectivity index (χ1v) is 14.0. The van der Waals surface area contributed by atoms with Crippen LogP contribution < -0.4 is 4.74 Å². The number of ketones is 2. The number of ether oxygens (including phenoxy) is 1. The molecule has 41 heavy (non-hydrogen) atoms. The molecule has 0 aliphatic heterocycles. The van der Waals surface area contributed by atoms with Gasteiger partial charge in [0.2, 0.25) is 11.6 Å². The number of rotatable bonds is 12. The number of carbonyl (C=O) groups is 2. The van der Waals surface area contributed by atoms with Gasteiger partial charge in [-0.2, -0.15) is 0 Å². The molecule has 1 N–H and O–H groups in total. The van der Waals surface area contributed by atoms with Crippen LogP contribution in [-0.4, -0.2) is 38.2 Å². The molecule has 3 aromatic carbocycles. The van der Waals surface area contributed by atoms with Crippen LogP contribution in [0.25, 0.3) is 34.2 Å². The second-order valence-electron chi connectivity index (χ2n) is 9.66. The van der Waals surface area contributed by atoms with E-state index in [0.29, 0.717) is 23.0 Å². The molecule has 7 nitrogen and oxygen atoms in total.